The van der Waals surface area contributed by atoms with Gasteiger partial charge < -0.3 is 15.1 Å². The Bertz CT molecular complexity index is 1330. The van der Waals surface area contributed by atoms with Gasteiger partial charge in [0.25, 0.3) is 5.91 Å². The Morgan fingerprint density at radius 2 is 1.97 bits per heavy atom. The fourth-order valence-electron chi connectivity index (χ4n) is 2.85. The van der Waals surface area contributed by atoms with Crippen molar-refractivity contribution >= 4 is 73.1 Å². The number of anilines is 2. The minimum absolute atomic E-state index is 0.0947. The Kier molecular flexibility index (Phi) is 6.50. The first kappa shape index (κ1) is 21.9. The highest BCUT2D eigenvalue weighted by Gasteiger charge is 2.14. The number of nitrogens with zero attached hydrogens (tertiary/aromatic N) is 1. The van der Waals surface area contributed by atoms with Crippen molar-refractivity contribution in [1.29, 1.82) is 0 Å². The number of fused-ring (bicyclic) bond motifs is 1. The SMILES string of the molecule is CCC(=O)Nc1nc2ccc(NC(=S)NC(=O)c3ccc(-c4cccc(Cl)c4)o3)cc2s1. The molecule has 0 saturated heterocycles. The predicted molar refractivity (Wildman–Crippen MR) is 131 cm³/mol. The summed E-state index contributed by atoms with van der Waals surface area (Å²) in [4.78, 5) is 28.4. The maximum Gasteiger partial charge on any atom is 0.293 e. The minimum Gasteiger partial charge on any atom is -0.451 e. The maximum atomic E-state index is 12.5. The second-order valence-corrected chi connectivity index (χ2v) is 8.56. The molecule has 0 aliphatic rings. The van der Waals surface area contributed by atoms with E-state index in [9.17, 15) is 9.59 Å². The summed E-state index contributed by atoms with van der Waals surface area (Å²) in [6.45, 7) is 1.78. The third-order valence-corrected chi connectivity index (χ3v) is 5.75. The van der Waals surface area contributed by atoms with Gasteiger partial charge in [-0.3, -0.25) is 14.9 Å². The lowest BCUT2D eigenvalue weighted by Crippen LogP contribution is -2.33. The van der Waals surface area contributed by atoms with Crippen molar-refractivity contribution in [3.8, 4) is 11.3 Å². The molecule has 0 bridgehead atoms. The van der Waals surface area contributed by atoms with Crippen molar-refractivity contribution in [3.05, 3.63) is 65.4 Å². The summed E-state index contributed by atoms with van der Waals surface area (Å²) in [6.07, 6.45) is 0.382. The van der Waals surface area contributed by atoms with Crippen molar-refractivity contribution in [1.82, 2.24) is 10.3 Å². The largest absolute Gasteiger partial charge is 0.451 e. The highest BCUT2D eigenvalue weighted by molar-refractivity contribution is 7.80. The van der Waals surface area contributed by atoms with Crippen molar-refractivity contribution in [2.75, 3.05) is 10.6 Å². The third-order valence-electron chi connectivity index (χ3n) is 4.38. The van der Waals surface area contributed by atoms with Crippen molar-refractivity contribution in [3.63, 3.8) is 0 Å². The van der Waals surface area contributed by atoms with E-state index in [0.29, 0.717) is 28.0 Å². The molecule has 32 heavy (non-hydrogen) atoms. The average Bonchev–Trinajstić information content (AvgIpc) is 3.40. The molecule has 0 unspecified atom stereocenters. The number of amides is 2. The topological polar surface area (TPSA) is 96.3 Å². The van der Waals surface area contributed by atoms with Crippen LogP contribution < -0.4 is 16.0 Å². The van der Waals surface area contributed by atoms with E-state index in [1.165, 1.54) is 11.3 Å². The van der Waals surface area contributed by atoms with Gasteiger partial charge in [0.1, 0.15) is 5.76 Å². The summed E-state index contributed by atoms with van der Waals surface area (Å²) in [6, 6.07) is 15.9. The number of furan rings is 1. The summed E-state index contributed by atoms with van der Waals surface area (Å²) < 4.78 is 6.51. The van der Waals surface area contributed by atoms with E-state index in [1.54, 1.807) is 43.3 Å². The molecular formula is C22H17ClN4O3S2. The van der Waals surface area contributed by atoms with Gasteiger partial charge in [0.15, 0.2) is 16.0 Å². The molecule has 0 fully saturated rings. The van der Waals surface area contributed by atoms with E-state index in [0.717, 1.165) is 15.8 Å². The molecule has 0 atom stereocenters. The van der Waals surface area contributed by atoms with Crippen molar-refractivity contribution in [2.24, 2.45) is 0 Å². The normalized spacial score (nSPS) is 10.7. The van der Waals surface area contributed by atoms with E-state index in [2.05, 4.69) is 20.9 Å². The number of hydrogen-bond acceptors (Lipinski definition) is 6. The Labute approximate surface area is 197 Å². The zero-order valence-corrected chi connectivity index (χ0v) is 19.2. The fraction of sp³-hybridized carbons (Fsp3) is 0.0909. The zero-order valence-electron chi connectivity index (χ0n) is 16.8. The minimum atomic E-state index is -0.473. The first-order valence-electron chi connectivity index (χ1n) is 9.60. The van der Waals surface area contributed by atoms with Crippen LogP contribution in [0.15, 0.2) is 59.0 Å². The summed E-state index contributed by atoms with van der Waals surface area (Å²) in [5.74, 6) is 0.0819. The van der Waals surface area contributed by atoms with E-state index < -0.39 is 5.91 Å². The van der Waals surface area contributed by atoms with Crippen LogP contribution in [0.25, 0.3) is 21.5 Å². The average molecular weight is 485 g/mol. The number of thiocarbonyl (C=S) groups is 1. The third kappa shape index (κ3) is 5.13. The van der Waals surface area contributed by atoms with Crippen LogP contribution in [0.5, 0.6) is 0 Å². The monoisotopic (exact) mass is 484 g/mol. The van der Waals surface area contributed by atoms with Crippen LogP contribution in [0.1, 0.15) is 23.9 Å². The van der Waals surface area contributed by atoms with Crippen LogP contribution in [0, 0.1) is 0 Å². The molecule has 0 aliphatic heterocycles. The lowest BCUT2D eigenvalue weighted by molar-refractivity contribution is -0.115. The number of halogens is 1. The van der Waals surface area contributed by atoms with Gasteiger partial charge in [-0.25, -0.2) is 4.98 Å². The second-order valence-electron chi connectivity index (χ2n) is 6.69. The lowest BCUT2D eigenvalue weighted by atomic mass is 10.2. The summed E-state index contributed by atoms with van der Waals surface area (Å²) in [5.41, 5.74) is 2.20. The van der Waals surface area contributed by atoms with Crippen LogP contribution in [-0.4, -0.2) is 21.9 Å². The molecule has 7 nitrogen and oxygen atoms in total. The molecule has 162 valence electrons. The van der Waals surface area contributed by atoms with Crippen LogP contribution in [0.2, 0.25) is 5.02 Å². The summed E-state index contributed by atoms with van der Waals surface area (Å²) in [5, 5.41) is 9.56. The van der Waals surface area contributed by atoms with E-state index >= 15 is 0 Å². The molecule has 0 radical (unpaired) electrons. The van der Waals surface area contributed by atoms with Gasteiger partial charge in [-0.1, -0.05) is 42.0 Å². The number of benzene rings is 2. The zero-order chi connectivity index (χ0) is 22.7. The molecule has 3 N–H and O–H groups in total. The molecule has 2 heterocycles. The lowest BCUT2D eigenvalue weighted by Gasteiger charge is -2.08. The van der Waals surface area contributed by atoms with Crippen LogP contribution in [0.4, 0.5) is 10.8 Å². The second kappa shape index (κ2) is 9.47. The number of nitrogens with one attached hydrogen (secondary N) is 3. The Morgan fingerprint density at radius 1 is 1.12 bits per heavy atom. The number of carbonyl (C=O) groups excluding carboxylic acids is 2. The van der Waals surface area contributed by atoms with Crippen molar-refractivity contribution < 1.29 is 14.0 Å². The van der Waals surface area contributed by atoms with Gasteiger partial charge in [-0.15, -0.1) is 0 Å². The highest BCUT2D eigenvalue weighted by atomic mass is 35.5. The molecule has 2 aromatic carbocycles. The molecule has 2 aromatic heterocycles. The van der Waals surface area contributed by atoms with E-state index in [1.807, 2.05) is 18.2 Å². The number of aromatic nitrogens is 1. The van der Waals surface area contributed by atoms with Gasteiger partial charge >= 0.3 is 0 Å². The summed E-state index contributed by atoms with van der Waals surface area (Å²) >= 11 is 12.6. The predicted octanol–water partition coefficient (Wildman–Crippen LogP) is 5.69. The number of rotatable bonds is 5. The Balaban J connectivity index is 1.40. The van der Waals surface area contributed by atoms with E-state index in [-0.39, 0.29) is 16.8 Å². The number of hydrogen-bond donors (Lipinski definition) is 3. The molecule has 0 aliphatic carbocycles. The first-order valence-corrected chi connectivity index (χ1v) is 11.2. The van der Waals surface area contributed by atoms with E-state index in [4.69, 9.17) is 28.2 Å². The molecule has 0 saturated carbocycles. The Hall–Kier alpha value is -3.27. The van der Waals surface area contributed by atoms with Crippen molar-refractivity contribution in [2.45, 2.75) is 13.3 Å². The van der Waals surface area contributed by atoms with Crippen LogP contribution >= 0.6 is 35.2 Å². The molecule has 4 rings (SSSR count). The highest BCUT2D eigenvalue weighted by Crippen LogP contribution is 2.28. The molecule has 10 heteroatoms. The van der Waals surface area contributed by atoms with Gasteiger partial charge in [-0.05, 0) is 54.7 Å². The Morgan fingerprint density at radius 3 is 2.75 bits per heavy atom. The first-order chi connectivity index (χ1) is 15.4. The quantitative estimate of drug-likeness (QED) is 0.315. The van der Waals surface area contributed by atoms with Gasteiger partial charge in [0.05, 0.1) is 10.2 Å². The van der Waals surface area contributed by atoms with Gasteiger partial charge in [0.2, 0.25) is 5.91 Å². The molecule has 0 spiro atoms. The van der Waals surface area contributed by atoms with Crippen LogP contribution in [0.3, 0.4) is 0 Å². The fourth-order valence-corrected chi connectivity index (χ4v) is 4.17. The summed E-state index contributed by atoms with van der Waals surface area (Å²) in [7, 11) is 0. The molecular weight excluding hydrogens is 468 g/mol. The van der Waals surface area contributed by atoms with Crippen LogP contribution in [-0.2, 0) is 4.79 Å². The van der Waals surface area contributed by atoms with Gasteiger partial charge in [-0.2, -0.15) is 0 Å². The molecule has 4 aromatic rings. The standard InChI is InChI=1S/C22H17ClN4O3S2/c1-2-19(28)26-22-25-15-7-6-14(11-18(15)32-22)24-21(31)27-20(29)17-9-8-16(30-17)12-4-3-5-13(23)10-12/h3-11H,2H2,1H3,(H,25,26,28)(H2,24,27,29,31). The number of carbonyl (C=O) groups is 2. The molecule has 2 amide bonds. The smallest absolute Gasteiger partial charge is 0.293 e. The maximum absolute atomic E-state index is 12.5. The van der Waals surface area contributed by atoms with Gasteiger partial charge in [0, 0.05) is 22.7 Å². The number of thiazole rings is 1.